The molecule has 26 heavy (non-hydrogen) atoms. The van der Waals surface area contributed by atoms with Gasteiger partial charge in [0.05, 0.1) is 16.0 Å². The number of benzene rings is 2. The molecule has 2 aromatic carbocycles. The average Bonchev–Trinajstić information content (AvgIpc) is 3.46. The van der Waals surface area contributed by atoms with Crippen LogP contribution in [0.25, 0.3) is 22.3 Å². The normalized spacial score (nSPS) is 15.2. The maximum absolute atomic E-state index is 12.5. The molecular formula is C21H20ClNO3. The van der Waals surface area contributed by atoms with Crippen molar-refractivity contribution in [3.05, 3.63) is 63.3 Å². The Bertz CT molecular complexity index is 1020. The lowest BCUT2D eigenvalue weighted by Gasteiger charge is -2.16. The minimum absolute atomic E-state index is 0.0291. The topological polar surface area (TPSA) is 65.5 Å². The van der Waals surface area contributed by atoms with Gasteiger partial charge in [-0.1, -0.05) is 23.7 Å². The van der Waals surface area contributed by atoms with Crippen molar-refractivity contribution in [3.63, 3.8) is 0 Å². The van der Waals surface area contributed by atoms with Crippen molar-refractivity contribution in [2.24, 2.45) is 11.7 Å². The Labute approximate surface area is 156 Å². The van der Waals surface area contributed by atoms with Gasteiger partial charge in [0.1, 0.15) is 18.1 Å². The van der Waals surface area contributed by atoms with E-state index >= 15 is 0 Å². The van der Waals surface area contributed by atoms with Gasteiger partial charge in [-0.2, -0.15) is 0 Å². The summed E-state index contributed by atoms with van der Waals surface area (Å²) in [7, 11) is 0. The first-order valence-corrected chi connectivity index (χ1v) is 9.12. The van der Waals surface area contributed by atoms with Gasteiger partial charge < -0.3 is 14.9 Å². The van der Waals surface area contributed by atoms with E-state index in [4.69, 9.17) is 26.5 Å². The average molecular weight is 370 g/mol. The van der Waals surface area contributed by atoms with E-state index in [2.05, 4.69) is 0 Å². The van der Waals surface area contributed by atoms with Gasteiger partial charge in [0, 0.05) is 12.1 Å². The molecule has 1 atom stereocenters. The van der Waals surface area contributed by atoms with Crippen LogP contribution in [0.5, 0.6) is 5.75 Å². The SMILES string of the molecule is Cc1ccc(-c2cc(=O)c3cccc(Cl)c3o2)c(OCC(N)C2CC2)c1. The zero-order chi connectivity index (χ0) is 18.3. The fourth-order valence-corrected chi connectivity index (χ4v) is 3.29. The van der Waals surface area contributed by atoms with Crippen LogP contribution in [0, 0.1) is 12.8 Å². The summed E-state index contributed by atoms with van der Waals surface area (Å²) in [5.41, 5.74) is 8.19. The molecule has 4 nitrogen and oxygen atoms in total. The van der Waals surface area contributed by atoms with Crippen LogP contribution in [-0.4, -0.2) is 12.6 Å². The highest BCUT2D eigenvalue weighted by Crippen LogP contribution is 2.35. The Balaban J connectivity index is 1.76. The number of ether oxygens (including phenoxy) is 1. The molecule has 1 aliphatic rings. The fraction of sp³-hybridized carbons (Fsp3) is 0.286. The molecule has 1 fully saturated rings. The maximum atomic E-state index is 12.5. The lowest BCUT2D eigenvalue weighted by Crippen LogP contribution is -2.30. The zero-order valence-electron chi connectivity index (χ0n) is 14.5. The summed E-state index contributed by atoms with van der Waals surface area (Å²) in [6.07, 6.45) is 2.34. The van der Waals surface area contributed by atoms with Crippen molar-refractivity contribution in [1.82, 2.24) is 0 Å². The highest BCUT2D eigenvalue weighted by molar-refractivity contribution is 6.34. The van der Waals surface area contributed by atoms with Crippen LogP contribution >= 0.6 is 11.6 Å². The Morgan fingerprint density at radius 2 is 2.08 bits per heavy atom. The van der Waals surface area contributed by atoms with Crippen molar-refractivity contribution in [3.8, 4) is 17.1 Å². The van der Waals surface area contributed by atoms with Gasteiger partial charge in [-0.25, -0.2) is 0 Å². The van der Waals surface area contributed by atoms with Crippen LogP contribution in [0.3, 0.4) is 0 Å². The summed E-state index contributed by atoms with van der Waals surface area (Å²) in [5.74, 6) is 1.65. The quantitative estimate of drug-likeness (QED) is 0.717. The van der Waals surface area contributed by atoms with Crippen LogP contribution in [0.4, 0.5) is 0 Å². The molecule has 0 radical (unpaired) electrons. The van der Waals surface area contributed by atoms with E-state index < -0.39 is 0 Å². The van der Waals surface area contributed by atoms with Crippen molar-refractivity contribution < 1.29 is 9.15 Å². The molecule has 0 aliphatic heterocycles. The molecule has 1 aliphatic carbocycles. The summed E-state index contributed by atoms with van der Waals surface area (Å²) >= 11 is 6.22. The number of halogens is 1. The molecule has 4 rings (SSSR count). The van der Waals surface area contributed by atoms with Gasteiger partial charge >= 0.3 is 0 Å². The second-order valence-electron chi connectivity index (χ2n) is 6.90. The molecule has 1 saturated carbocycles. The molecule has 0 spiro atoms. The monoisotopic (exact) mass is 369 g/mol. The Hall–Kier alpha value is -2.30. The standard InChI is InChI=1S/C21H20ClNO3/c1-12-5-8-15(19(9-12)25-11-17(23)13-6-7-13)20-10-18(24)14-3-2-4-16(22)21(14)26-20/h2-5,8-10,13,17H,6-7,11,23H2,1H3. The molecule has 0 saturated heterocycles. The van der Waals surface area contributed by atoms with Gasteiger partial charge in [-0.05, 0) is 55.5 Å². The van der Waals surface area contributed by atoms with E-state index in [0.29, 0.717) is 40.0 Å². The first-order chi connectivity index (χ1) is 12.5. The molecule has 2 N–H and O–H groups in total. The summed E-state index contributed by atoms with van der Waals surface area (Å²) in [5, 5.41) is 0.873. The van der Waals surface area contributed by atoms with Crippen LogP contribution < -0.4 is 15.9 Å². The first kappa shape index (κ1) is 17.1. The van der Waals surface area contributed by atoms with Crippen LogP contribution in [0.15, 0.2) is 51.7 Å². The van der Waals surface area contributed by atoms with E-state index in [1.807, 2.05) is 25.1 Å². The largest absolute Gasteiger partial charge is 0.491 e. The molecule has 0 amide bonds. The van der Waals surface area contributed by atoms with Gasteiger partial charge in [-0.15, -0.1) is 0 Å². The lowest BCUT2D eigenvalue weighted by molar-refractivity contribution is 0.276. The second kappa shape index (κ2) is 6.78. The number of para-hydroxylation sites is 1. The molecular weight excluding hydrogens is 350 g/mol. The summed E-state index contributed by atoms with van der Waals surface area (Å²) in [4.78, 5) is 12.5. The Kier molecular flexibility index (Phi) is 4.47. The van der Waals surface area contributed by atoms with Crippen LogP contribution in [0.2, 0.25) is 5.02 Å². The molecule has 1 heterocycles. The van der Waals surface area contributed by atoms with Crippen LogP contribution in [0.1, 0.15) is 18.4 Å². The van der Waals surface area contributed by atoms with E-state index in [9.17, 15) is 4.79 Å². The minimum Gasteiger partial charge on any atom is -0.491 e. The summed E-state index contributed by atoms with van der Waals surface area (Å²) in [6.45, 7) is 2.44. The maximum Gasteiger partial charge on any atom is 0.193 e. The Morgan fingerprint density at radius 1 is 1.27 bits per heavy atom. The lowest BCUT2D eigenvalue weighted by atomic mass is 10.1. The fourth-order valence-electron chi connectivity index (χ4n) is 3.07. The van der Waals surface area contributed by atoms with Gasteiger partial charge in [0.2, 0.25) is 0 Å². The van der Waals surface area contributed by atoms with Crippen molar-refractivity contribution in [2.45, 2.75) is 25.8 Å². The summed E-state index contributed by atoms with van der Waals surface area (Å²) < 4.78 is 12.0. The third kappa shape index (κ3) is 3.35. The zero-order valence-corrected chi connectivity index (χ0v) is 15.3. The predicted molar refractivity (Wildman–Crippen MR) is 104 cm³/mol. The Morgan fingerprint density at radius 3 is 2.85 bits per heavy atom. The number of nitrogens with two attached hydrogens (primary N) is 1. The van der Waals surface area contributed by atoms with Crippen molar-refractivity contribution in [1.29, 1.82) is 0 Å². The molecule has 3 aromatic rings. The van der Waals surface area contributed by atoms with E-state index in [-0.39, 0.29) is 11.5 Å². The van der Waals surface area contributed by atoms with Gasteiger partial charge in [0.15, 0.2) is 11.0 Å². The number of aryl methyl sites for hydroxylation is 1. The van der Waals surface area contributed by atoms with Crippen molar-refractivity contribution >= 4 is 22.6 Å². The minimum atomic E-state index is -0.134. The molecule has 0 bridgehead atoms. The van der Waals surface area contributed by atoms with E-state index in [1.54, 1.807) is 18.2 Å². The summed E-state index contributed by atoms with van der Waals surface area (Å²) in [6, 6.07) is 12.5. The number of rotatable bonds is 5. The smallest absolute Gasteiger partial charge is 0.193 e. The highest BCUT2D eigenvalue weighted by Gasteiger charge is 2.29. The van der Waals surface area contributed by atoms with Gasteiger partial charge in [0.25, 0.3) is 0 Å². The number of hydrogen-bond donors (Lipinski definition) is 1. The third-order valence-electron chi connectivity index (χ3n) is 4.77. The number of fused-ring (bicyclic) bond motifs is 1. The molecule has 5 heteroatoms. The van der Waals surface area contributed by atoms with E-state index in [1.165, 1.54) is 18.9 Å². The molecule has 1 aromatic heterocycles. The van der Waals surface area contributed by atoms with E-state index in [0.717, 1.165) is 11.1 Å². The first-order valence-electron chi connectivity index (χ1n) is 8.74. The second-order valence-corrected chi connectivity index (χ2v) is 7.31. The highest BCUT2D eigenvalue weighted by atomic mass is 35.5. The molecule has 1 unspecified atom stereocenters. The van der Waals surface area contributed by atoms with Gasteiger partial charge in [-0.3, -0.25) is 4.79 Å². The predicted octanol–water partition coefficient (Wildman–Crippen LogP) is 4.54. The molecule has 134 valence electrons. The van der Waals surface area contributed by atoms with Crippen LogP contribution in [-0.2, 0) is 0 Å². The number of hydrogen-bond acceptors (Lipinski definition) is 4. The van der Waals surface area contributed by atoms with Crippen molar-refractivity contribution in [2.75, 3.05) is 6.61 Å². The third-order valence-corrected chi connectivity index (χ3v) is 5.07.